The van der Waals surface area contributed by atoms with Crippen molar-refractivity contribution in [3.05, 3.63) is 71.8 Å². The van der Waals surface area contributed by atoms with Gasteiger partial charge < -0.3 is 20.5 Å². The third-order valence-corrected chi connectivity index (χ3v) is 5.56. The lowest BCUT2D eigenvalue weighted by Crippen LogP contribution is -2.36. The molecular formula is C25H28N2O5. The summed E-state index contributed by atoms with van der Waals surface area (Å²) in [7, 11) is 0. The van der Waals surface area contributed by atoms with Gasteiger partial charge in [-0.25, -0.2) is 9.59 Å². The van der Waals surface area contributed by atoms with Crippen LogP contribution in [0.15, 0.2) is 60.7 Å². The maximum absolute atomic E-state index is 12.4. The second-order valence-electron chi connectivity index (χ2n) is 7.66. The maximum Gasteiger partial charge on any atom is 0.407 e. The first-order valence-electron chi connectivity index (χ1n) is 10.8. The summed E-state index contributed by atoms with van der Waals surface area (Å²) in [4.78, 5) is 34.7. The van der Waals surface area contributed by atoms with Gasteiger partial charge in [0.2, 0.25) is 5.91 Å². The average Bonchev–Trinajstić information content (AvgIpc) is 3.11. The van der Waals surface area contributed by atoms with Gasteiger partial charge in [0.05, 0.1) is 0 Å². The summed E-state index contributed by atoms with van der Waals surface area (Å²) < 4.78 is 5.57. The average molecular weight is 437 g/mol. The molecule has 1 aliphatic carbocycles. The molecule has 0 radical (unpaired) electrons. The highest BCUT2D eigenvalue weighted by atomic mass is 16.5. The number of hydrogen-bond donors (Lipinski definition) is 3. The van der Waals surface area contributed by atoms with Crippen molar-refractivity contribution in [1.29, 1.82) is 0 Å². The summed E-state index contributed by atoms with van der Waals surface area (Å²) in [6, 6.07) is 16.1. The van der Waals surface area contributed by atoms with Gasteiger partial charge in [-0.15, -0.1) is 0 Å². The van der Waals surface area contributed by atoms with Crippen LogP contribution in [-0.4, -0.2) is 42.3 Å². The molecule has 32 heavy (non-hydrogen) atoms. The Morgan fingerprint density at radius 3 is 2.28 bits per heavy atom. The number of carboxylic acid groups (broad SMARTS) is 1. The minimum absolute atomic E-state index is 0.00198. The molecule has 0 saturated heterocycles. The van der Waals surface area contributed by atoms with Gasteiger partial charge in [0.1, 0.15) is 6.61 Å². The Labute approximate surface area is 187 Å². The normalized spacial score (nSPS) is 13.3. The Balaban J connectivity index is 1.48. The smallest absolute Gasteiger partial charge is 0.407 e. The van der Waals surface area contributed by atoms with Gasteiger partial charge >= 0.3 is 12.1 Å². The van der Waals surface area contributed by atoms with Gasteiger partial charge in [0.25, 0.3) is 0 Å². The minimum atomic E-state index is -1.06. The van der Waals surface area contributed by atoms with E-state index in [4.69, 9.17) is 9.84 Å². The molecule has 0 saturated carbocycles. The van der Waals surface area contributed by atoms with Crippen LogP contribution in [0.5, 0.6) is 0 Å². The Morgan fingerprint density at radius 1 is 1.06 bits per heavy atom. The van der Waals surface area contributed by atoms with Crippen LogP contribution in [-0.2, 0) is 14.3 Å². The minimum Gasteiger partial charge on any atom is -0.478 e. The molecular weight excluding hydrogens is 408 g/mol. The molecule has 7 heteroatoms. The van der Waals surface area contributed by atoms with Crippen molar-refractivity contribution in [2.75, 3.05) is 13.2 Å². The highest BCUT2D eigenvalue weighted by molar-refractivity contribution is 5.80. The summed E-state index contributed by atoms with van der Waals surface area (Å²) in [5.74, 6) is -1.26. The molecule has 3 N–H and O–H groups in total. The van der Waals surface area contributed by atoms with E-state index in [1.54, 1.807) is 0 Å². The summed E-state index contributed by atoms with van der Waals surface area (Å²) in [6.07, 6.45) is 3.21. The van der Waals surface area contributed by atoms with Gasteiger partial charge in [-0.3, -0.25) is 4.79 Å². The number of aliphatic carboxylic acids is 1. The van der Waals surface area contributed by atoms with E-state index in [2.05, 4.69) is 34.9 Å². The van der Waals surface area contributed by atoms with Crippen molar-refractivity contribution < 1.29 is 24.2 Å². The molecule has 1 atom stereocenters. The van der Waals surface area contributed by atoms with Gasteiger partial charge in [-0.1, -0.05) is 61.5 Å². The molecule has 0 heterocycles. The Hall–Kier alpha value is -3.61. The Morgan fingerprint density at radius 2 is 1.69 bits per heavy atom. The molecule has 2 aromatic rings. The molecule has 2 aromatic carbocycles. The topological polar surface area (TPSA) is 105 Å². The summed E-state index contributed by atoms with van der Waals surface area (Å²) in [5.41, 5.74) is 4.66. The van der Waals surface area contributed by atoms with E-state index in [0.29, 0.717) is 12.8 Å². The van der Waals surface area contributed by atoms with E-state index in [0.717, 1.165) is 17.2 Å². The number of benzene rings is 2. The number of amides is 2. The zero-order valence-corrected chi connectivity index (χ0v) is 18.0. The fraction of sp³-hybridized carbons (Fsp3) is 0.320. The van der Waals surface area contributed by atoms with Gasteiger partial charge in [0, 0.05) is 31.0 Å². The molecule has 168 valence electrons. The van der Waals surface area contributed by atoms with Crippen LogP contribution in [0.4, 0.5) is 4.79 Å². The largest absolute Gasteiger partial charge is 0.478 e. The number of alkyl carbamates (subject to hydrolysis) is 1. The summed E-state index contributed by atoms with van der Waals surface area (Å²) >= 11 is 0. The molecule has 2 amide bonds. The number of fused-ring (bicyclic) bond motifs is 3. The molecule has 1 aliphatic rings. The second-order valence-corrected chi connectivity index (χ2v) is 7.66. The van der Waals surface area contributed by atoms with Crippen molar-refractivity contribution >= 4 is 18.0 Å². The quantitative estimate of drug-likeness (QED) is 0.491. The van der Waals surface area contributed by atoms with E-state index in [1.165, 1.54) is 17.2 Å². The summed E-state index contributed by atoms with van der Waals surface area (Å²) in [5, 5.41) is 14.0. The first kappa shape index (κ1) is 23.1. The lowest BCUT2D eigenvalue weighted by molar-refractivity contribution is -0.131. The van der Waals surface area contributed by atoms with Crippen molar-refractivity contribution in [2.24, 2.45) is 0 Å². The van der Waals surface area contributed by atoms with Crippen molar-refractivity contribution in [1.82, 2.24) is 10.6 Å². The highest BCUT2D eigenvalue weighted by Gasteiger charge is 2.29. The highest BCUT2D eigenvalue weighted by Crippen LogP contribution is 2.44. The third-order valence-electron chi connectivity index (χ3n) is 5.56. The first-order chi connectivity index (χ1) is 15.5. The zero-order valence-electron chi connectivity index (χ0n) is 18.0. The molecule has 0 aromatic heterocycles. The fourth-order valence-electron chi connectivity index (χ4n) is 3.91. The van der Waals surface area contributed by atoms with E-state index in [1.807, 2.05) is 31.2 Å². The predicted molar refractivity (Wildman–Crippen MR) is 121 cm³/mol. The van der Waals surface area contributed by atoms with Gasteiger partial charge in [-0.05, 0) is 35.1 Å². The van der Waals surface area contributed by atoms with E-state index < -0.39 is 12.1 Å². The van der Waals surface area contributed by atoms with Gasteiger partial charge in [-0.2, -0.15) is 0 Å². The molecule has 1 unspecified atom stereocenters. The molecule has 0 spiro atoms. The number of carbonyl (C=O) groups is 3. The number of hydrogen-bond acceptors (Lipinski definition) is 4. The molecule has 0 bridgehead atoms. The predicted octanol–water partition coefficient (Wildman–Crippen LogP) is 3.84. The number of carbonyl (C=O) groups excluding carboxylic acids is 2. The van der Waals surface area contributed by atoms with E-state index >= 15 is 0 Å². The number of nitrogens with one attached hydrogen (secondary N) is 2. The molecule has 7 nitrogen and oxygen atoms in total. The first-order valence-corrected chi connectivity index (χ1v) is 10.8. The van der Waals surface area contributed by atoms with Crippen LogP contribution in [0.25, 0.3) is 11.1 Å². The number of carboxylic acids is 1. The SMILES string of the molecule is CCC(CCC(=O)NC/C=C/C(=O)O)NC(=O)OCC1c2ccccc2-c2ccccc21. The van der Waals surface area contributed by atoms with Crippen LogP contribution in [0.1, 0.15) is 43.2 Å². The molecule has 0 fully saturated rings. The van der Waals surface area contributed by atoms with E-state index in [9.17, 15) is 14.4 Å². The molecule has 0 aliphatic heterocycles. The van der Waals surface area contributed by atoms with Crippen LogP contribution in [0.3, 0.4) is 0 Å². The standard InChI is InChI=1S/C25H28N2O5/c1-2-17(13-14-23(28)26-15-7-12-24(29)30)27-25(31)32-16-22-20-10-5-3-8-18(20)19-9-4-6-11-21(19)22/h3-12,17,22H,2,13-16H2,1H3,(H,26,28)(H,27,31)(H,29,30)/b12-7+. The van der Waals surface area contributed by atoms with Crippen LogP contribution in [0, 0.1) is 0 Å². The number of ether oxygens (including phenoxy) is 1. The van der Waals surface area contributed by atoms with Crippen LogP contribution in [0.2, 0.25) is 0 Å². The van der Waals surface area contributed by atoms with Crippen molar-refractivity contribution in [3.63, 3.8) is 0 Å². The fourth-order valence-corrected chi connectivity index (χ4v) is 3.91. The maximum atomic E-state index is 12.4. The zero-order chi connectivity index (χ0) is 22.9. The lowest BCUT2D eigenvalue weighted by atomic mass is 9.98. The number of rotatable bonds is 10. The Kier molecular flexibility index (Phi) is 8.02. The monoisotopic (exact) mass is 436 g/mol. The second kappa shape index (κ2) is 11.1. The third kappa shape index (κ3) is 5.97. The van der Waals surface area contributed by atoms with Crippen LogP contribution < -0.4 is 10.6 Å². The van der Waals surface area contributed by atoms with Crippen LogP contribution >= 0.6 is 0 Å². The van der Waals surface area contributed by atoms with E-state index in [-0.39, 0.29) is 37.4 Å². The van der Waals surface area contributed by atoms with Gasteiger partial charge in [0.15, 0.2) is 0 Å². The van der Waals surface area contributed by atoms with Crippen molar-refractivity contribution in [2.45, 2.75) is 38.1 Å². The summed E-state index contributed by atoms with van der Waals surface area (Å²) in [6.45, 7) is 2.33. The lowest BCUT2D eigenvalue weighted by Gasteiger charge is -2.19. The molecule has 3 rings (SSSR count). The Bertz CT molecular complexity index is 956. The van der Waals surface area contributed by atoms with Crippen molar-refractivity contribution in [3.8, 4) is 11.1 Å².